The number of carbonyl (C=O) groups excluding carboxylic acids is 2. The van der Waals surface area contributed by atoms with Crippen molar-refractivity contribution in [1.29, 1.82) is 0 Å². The van der Waals surface area contributed by atoms with Crippen molar-refractivity contribution >= 4 is 28.8 Å². The van der Waals surface area contributed by atoms with Crippen LogP contribution in [0.4, 0.5) is 11.4 Å². The van der Waals surface area contributed by atoms with Gasteiger partial charge in [-0.2, -0.15) is 0 Å². The van der Waals surface area contributed by atoms with Gasteiger partial charge in [0.25, 0.3) is 11.8 Å². The number of rotatable bonds is 5. The van der Waals surface area contributed by atoms with E-state index >= 15 is 0 Å². The maximum Gasteiger partial charge on any atom is 0.282 e. The molecule has 0 atom stereocenters. The van der Waals surface area contributed by atoms with Gasteiger partial charge in [-0.15, -0.1) is 0 Å². The molecule has 4 rings (SSSR count). The molecule has 0 fully saturated rings. The molecular formula is C27H26N2O3. The van der Waals surface area contributed by atoms with Crippen LogP contribution in [0.3, 0.4) is 0 Å². The highest BCUT2D eigenvalue weighted by molar-refractivity contribution is 6.46. The monoisotopic (exact) mass is 426 g/mol. The maximum absolute atomic E-state index is 13.5. The first-order valence-corrected chi connectivity index (χ1v) is 10.5. The van der Waals surface area contributed by atoms with Crippen LogP contribution in [-0.4, -0.2) is 18.9 Å². The summed E-state index contributed by atoms with van der Waals surface area (Å²) in [5.41, 5.74) is 3.65. The van der Waals surface area contributed by atoms with E-state index in [4.69, 9.17) is 4.74 Å². The van der Waals surface area contributed by atoms with Gasteiger partial charge in [0.2, 0.25) is 0 Å². The lowest BCUT2D eigenvalue weighted by molar-refractivity contribution is -0.120. The van der Waals surface area contributed by atoms with Gasteiger partial charge in [0.1, 0.15) is 11.4 Å². The van der Waals surface area contributed by atoms with Crippen LogP contribution in [0.1, 0.15) is 31.9 Å². The Kier molecular flexibility index (Phi) is 5.57. The van der Waals surface area contributed by atoms with Gasteiger partial charge < -0.3 is 10.1 Å². The van der Waals surface area contributed by atoms with Crippen molar-refractivity contribution in [3.63, 3.8) is 0 Å². The van der Waals surface area contributed by atoms with Crippen LogP contribution in [0.15, 0.2) is 84.6 Å². The average Bonchev–Trinajstić information content (AvgIpc) is 3.03. The number of ether oxygens (including phenoxy) is 1. The summed E-state index contributed by atoms with van der Waals surface area (Å²) >= 11 is 0. The number of hydrogen-bond acceptors (Lipinski definition) is 4. The fourth-order valence-corrected chi connectivity index (χ4v) is 3.68. The summed E-state index contributed by atoms with van der Waals surface area (Å²) in [5, 5.41) is 3.17. The van der Waals surface area contributed by atoms with Crippen LogP contribution < -0.4 is 15.0 Å². The normalized spacial score (nSPS) is 14.2. The van der Waals surface area contributed by atoms with E-state index in [1.165, 1.54) is 4.90 Å². The highest BCUT2D eigenvalue weighted by Crippen LogP contribution is 2.35. The first kappa shape index (κ1) is 21.4. The Bertz CT molecular complexity index is 1170. The van der Waals surface area contributed by atoms with Crippen LogP contribution in [0.25, 0.3) is 5.57 Å². The number of methoxy groups -OCH3 is 1. The van der Waals surface area contributed by atoms with Crippen LogP contribution in [0, 0.1) is 0 Å². The summed E-state index contributed by atoms with van der Waals surface area (Å²) in [7, 11) is 1.60. The number of amides is 2. The number of nitrogens with one attached hydrogen (secondary N) is 1. The fourth-order valence-electron chi connectivity index (χ4n) is 3.68. The molecule has 2 amide bonds. The SMILES string of the molecule is COc1ccc(NC2=C(c3ccccc3)C(=O)N(c3ccc(C(C)(C)C)cc3)C2=O)cc1. The predicted octanol–water partition coefficient (Wildman–Crippen LogP) is 5.39. The Morgan fingerprint density at radius 1 is 0.781 bits per heavy atom. The van der Waals surface area contributed by atoms with E-state index in [0.717, 1.165) is 5.56 Å². The van der Waals surface area contributed by atoms with E-state index in [0.29, 0.717) is 28.3 Å². The first-order valence-electron chi connectivity index (χ1n) is 10.5. The molecule has 32 heavy (non-hydrogen) atoms. The molecule has 0 unspecified atom stereocenters. The molecular weight excluding hydrogens is 400 g/mol. The molecule has 5 heteroatoms. The van der Waals surface area contributed by atoms with Crippen molar-refractivity contribution in [2.45, 2.75) is 26.2 Å². The second-order valence-corrected chi connectivity index (χ2v) is 8.71. The van der Waals surface area contributed by atoms with Crippen LogP contribution in [0.5, 0.6) is 5.75 Å². The van der Waals surface area contributed by atoms with Gasteiger partial charge in [0, 0.05) is 5.69 Å². The molecule has 0 saturated heterocycles. The third-order valence-electron chi connectivity index (χ3n) is 5.50. The quantitative estimate of drug-likeness (QED) is 0.556. The Labute approximate surface area is 188 Å². The summed E-state index contributed by atoms with van der Waals surface area (Å²) in [6, 6.07) is 24.1. The van der Waals surface area contributed by atoms with Gasteiger partial charge in [-0.3, -0.25) is 9.59 Å². The number of hydrogen-bond donors (Lipinski definition) is 1. The fraction of sp³-hybridized carbons (Fsp3) is 0.185. The highest BCUT2D eigenvalue weighted by atomic mass is 16.5. The standard InChI is InChI=1S/C27H26N2O3/c1-27(2,3)19-10-14-21(15-11-19)29-25(30)23(18-8-6-5-7-9-18)24(26(29)31)28-20-12-16-22(32-4)17-13-20/h5-17,28H,1-4H3. The van der Waals surface area contributed by atoms with Crippen molar-refractivity contribution in [2.24, 2.45) is 0 Å². The molecule has 0 bridgehead atoms. The largest absolute Gasteiger partial charge is 0.497 e. The molecule has 3 aromatic rings. The summed E-state index contributed by atoms with van der Waals surface area (Å²) in [5.74, 6) is -0.0175. The summed E-state index contributed by atoms with van der Waals surface area (Å²) in [4.78, 5) is 28.2. The van der Waals surface area contributed by atoms with Gasteiger partial charge in [0.05, 0.1) is 18.4 Å². The molecule has 1 aliphatic heterocycles. The topological polar surface area (TPSA) is 58.6 Å². The Morgan fingerprint density at radius 3 is 1.97 bits per heavy atom. The zero-order valence-corrected chi connectivity index (χ0v) is 18.7. The second kappa shape index (κ2) is 8.35. The molecule has 0 spiro atoms. The van der Waals surface area contributed by atoms with Gasteiger partial charge in [0.15, 0.2) is 0 Å². The lowest BCUT2D eigenvalue weighted by Crippen LogP contribution is -2.32. The van der Waals surface area contributed by atoms with E-state index in [1.807, 2.05) is 66.7 Å². The molecule has 0 aromatic heterocycles. The molecule has 5 nitrogen and oxygen atoms in total. The molecule has 1 aliphatic rings. The number of benzene rings is 3. The zero-order chi connectivity index (χ0) is 22.9. The summed E-state index contributed by atoms with van der Waals surface area (Å²) in [6.45, 7) is 6.38. The van der Waals surface area contributed by atoms with Crippen molar-refractivity contribution in [2.75, 3.05) is 17.3 Å². The minimum Gasteiger partial charge on any atom is -0.497 e. The van der Waals surface area contributed by atoms with Crippen molar-refractivity contribution < 1.29 is 14.3 Å². The molecule has 1 N–H and O–H groups in total. The van der Waals surface area contributed by atoms with Crippen molar-refractivity contribution in [1.82, 2.24) is 0 Å². The van der Waals surface area contributed by atoms with Gasteiger partial charge in [-0.05, 0) is 52.9 Å². The molecule has 1 heterocycles. The Morgan fingerprint density at radius 2 is 1.41 bits per heavy atom. The summed E-state index contributed by atoms with van der Waals surface area (Å²) < 4.78 is 5.21. The first-order chi connectivity index (χ1) is 15.3. The minimum atomic E-state index is -0.381. The molecule has 0 aliphatic carbocycles. The summed E-state index contributed by atoms with van der Waals surface area (Å²) in [6.07, 6.45) is 0. The minimum absolute atomic E-state index is 0.0217. The van der Waals surface area contributed by atoms with Crippen LogP contribution >= 0.6 is 0 Å². The number of nitrogens with zero attached hydrogens (tertiary/aromatic N) is 1. The van der Waals surface area contributed by atoms with Crippen LogP contribution in [-0.2, 0) is 15.0 Å². The number of imide groups is 1. The van der Waals surface area contributed by atoms with Gasteiger partial charge in [-0.1, -0.05) is 63.2 Å². The Hall–Kier alpha value is -3.86. The Balaban J connectivity index is 1.74. The van der Waals surface area contributed by atoms with Crippen LogP contribution in [0.2, 0.25) is 0 Å². The average molecular weight is 427 g/mol. The van der Waals surface area contributed by atoms with Gasteiger partial charge in [-0.25, -0.2) is 4.90 Å². The zero-order valence-electron chi connectivity index (χ0n) is 18.7. The number of anilines is 2. The maximum atomic E-state index is 13.5. The molecule has 3 aromatic carbocycles. The second-order valence-electron chi connectivity index (χ2n) is 8.71. The lowest BCUT2D eigenvalue weighted by Gasteiger charge is -2.21. The van der Waals surface area contributed by atoms with E-state index < -0.39 is 0 Å². The predicted molar refractivity (Wildman–Crippen MR) is 128 cm³/mol. The molecule has 0 radical (unpaired) electrons. The third kappa shape index (κ3) is 4.02. The van der Waals surface area contributed by atoms with E-state index in [2.05, 4.69) is 26.1 Å². The van der Waals surface area contributed by atoms with Gasteiger partial charge >= 0.3 is 0 Å². The molecule has 0 saturated carbocycles. The van der Waals surface area contributed by atoms with E-state index in [-0.39, 0.29) is 22.9 Å². The molecule has 162 valence electrons. The smallest absolute Gasteiger partial charge is 0.282 e. The lowest BCUT2D eigenvalue weighted by atomic mass is 9.87. The highest BCUT2D eigenvalue weighted by Gasteiger charge is 2.40. The van der Waals surface area contributed by atoms with E-state index in [9.17, 15) is 9.59 Å². The van der Waals surface area contributed by atoms with Crippen molar-refractivity contribution in [3.8, 4) is 5.75 Å². The van der Waals surface area contributed by atoms with Crippen molar-refractivity contribution in [3.05, 3.63) is 95.7 Å². The third-order valence-corrected chi connectivity index (χ3v) is 5.50. The van der Waals surface area contributed by atoms with E-state index in [1.54, 1.807) is 19.2 Å². The number of carbonyl (C=O) groups is 2.